The summed E-state index contributed by atoms with van der Waals surface area (Å²) in [5.41, 5.74) is 10.4. The van der Waals surface area contributed by atoms with Gasteiger partial charge in [0.05, 0.1) is 12.7 Å². The van der Waals surface area contributed by atoms with Gasteiger partial charge in [0.1, 0.15) is 0 Å². The highest BCUT2D eigenvalue weighted by Crippen LogP contribution is 2.16. The monoisotopic (exact) mass is 375 g/mol. The largest absolute Gasteiger partial charge is 0.465 e. The third-order valence-electron chi connectivity index (χ3n) is 4.59. The van der Waals surface area contributed by atoms with E-state index in [4.69, 9.17) is 10.5 Å². The van der Waals surface area contributed by atoms with Gasteiger partial charge in [-0.3, -0.25) is 9.88 Å². The Balaban J connectivity index is 1.74. The Morgan fingerprint density at radius 2 is 1.71 bits per heavy atom. The summed E-state index contributed by atoms with van der Waals surface area (Å²) in [6.45, 7) is 2.17. The van der Waals surface area contributed by atoms with Crippen LogP contribution in [0.5, 0.6) is 0 Å². The highest BCUT2D eigenvalue weighted by molar-refractivity contribution is 5.89. The predicted octanol–water partition coefficient (Wildman–Crippen LogP) is 3.57. The topological polar surface area (TPSA) is 68.5 Å². The van der Waals surface area contributed by atoms with Crippen molar-refractivity contribution in [3.8, 4) is 0 Å². The third-order valence-corrected chi connectivity index (χ3v) is 4.59. The fourth-order valence-electron chi connectivity index (χ4n) is 3.14. The van der Waals surface area contributed by atoms with Crippen LogP contribution in [0.4, 0.5) is 0 Å². The molecule has 28 heavy (non-hydrogen) atoms. The lowest BCUT2D eigenvalue weighted by atomic mass is 10.1. The summed E-state index contributed by atoms with van der Waals surface area (Å²) in [5, 5.41) is 0. The molecule has 144 valence electrons. The van der Waals surface area contributed by atoms with Crippen molar-refractivity contribution >= 4 is 5.97 Å². The molecule has 0 bridgehead atoms. The van der Waals surface area contributed by atoms with Gasteiger partial charge in [0.25, 0.3) is 0 Å². The van der Waals surface area contributed by atoms with Crippen molar-refractivity contribution in [2.75, 3.05) is 13.7 Å². The Bertz CT molecular complexity index is 867. The molecule has 2 aromatic carbocycles. The van der Waals surface area contributed by atoms with E-state index in [1.165, 1.54) is 7.11 Å². The fraction of sp³-hybridized carbons (Fsp3) is 0.217. The third kappa shape index (κ3) is 5.49. The highest BCUT2D eigenvalue weighted by atomic mass is 16.5. The predicted molar refractivity (Wildman–Crippen MR) is 110 cm³/mol. The minimum atomic E-state index is -0.329. The second-order valence-corrected chi connectivity index (χ2v) is 6.74. The maximum absolute atomic E-state index is 11.6. The van der Waals surface area contributed by atoms with Crippen LogP contribution in [0.2, 0.25) is 0 Å². The van der Waals surface area contributed by atoms with E-state index in [2.05, 4.69) is 28.1 Å². The van der Waals surface area contributed by atoms with Gasteiger partial charge >= 0.3 is 5.97 Å². The summed E-state index contributed by atoms with van der Waals surface area (Å²) < 4.78 is 4.77. The number of methoxy groups -OCH3 is 1. The first kappa shape index (κ1) is 19.7. The van der Waals surface area contributed by atoms with Crippen LogP contribution in [0.1, 0.15) is 33.1 Å². The van der Waals surface area contributed by atoms with Crippen molar-refractivity contribution in [3.63, 3.8) is 0 Å². The van der Waals surface area contributed by atoms with Crippen LogP contribution in [0.25, 0.3) is 0 Å². The fourth-order valence-corrected chi connectivity index (χ4v) is 3.14. The Kier molecular flexibility index (Phi) is 6.89. The zero-order valence-electron chi connectivity index (χ0n) is 16.0. The second kappa shape index (κ2) is 9.78. The number of hydrogen-bond acceptors (Lipinski definition) is 5. The smallest absolute Gasteiger partial charge is 0.337 e. The molecular formula is C23H25N3O2. The summed E-state index contributed by atoms with van der Waals surface area (Å²) in [7, 11) is 1.39. The summed E-state index contributed by atoms with van der Waals surface area (Å²) in [5.74, 6) is -0.329. The Morgan fingerprint density at radius 1 is 1.00 bits per heavy atom. The second-order valence-electron chi connectivity index (χ2n) is 6.74. The lowest BCUT2D eigenvalue weighted by molar-refractivity contribution is 0.0600. The Morgan fingerprint density at radius 3 is 2.36 bits per heavy atom. The first-order chi connectivity index (χ1) is 13.7. The number of rotatable bonds is 8. The molecule has 0 fully saturated rings. The van der Waals surface area contributed by atoms with E-state index in [1.54, 1.807) is 18.3 Å². The number of benzene rings is 2. The first-order valence-electron chi connectivity index (χ1n) is 9.25. The van der Waals surface area contributed by atoms with Crippen molar-refractivity contribution < 1.29 is 9.53 Å². The SMILES string of the molecule is COC(=O)c1ccc(CN(Cc2cccnc2)C[C@@H](N)c2ccccc2)cc1. The minimum absolute atomic E-state index is 0.0905. The standard InChI is InChI=1S/C23H25N3O2/c1-28-23(27)21-11-9-18(10-12-21)15-26(16-19-6-5-13-25-14-19)17-22(24)20-7-3-2-4-8-20/h2-14,22H,15-17,24H2,1H3/t22-/m1/s1. The van der Waals surface area contributed by atoms with Crippen LogP contribution in [0, 0.1) is 0 Å². The number of carbonyl (C=O) groups excluding carboxylic acids is 1. The molecule has 1 heterocycles. The van der Waals surface area contributed by atoms with Gasteiger partial charge in [0, 0.05) is 38.1 Å². The Hall–Kier alpha value is -3.02. The van der Waals surface area contributed by atoms with E-state index in [9.17, 15) is 4.79 Å². The molecule has 0 aliphatic heterocycles. The van der Waals surface area contributed by atoms with Gasteiger partial charge in [0.2, 0.25) is 0 Å². The maximum Gasteiger partial charge on any atom is 0.337 e. The zero-order valence-corrected chi connectivity index (χ0v) is 16.0. The van der Waals surface area contributed by atoms with Crippen molar-refractivity contribution in [1.29, 1.82) is 0 Å². The number of ether oxygens (including phenoxy) is 1. The van der Waals surface area contributed by atoms with Crippen molar-refractivity contribution in [1.82, 2.24) is 9.88 Å². The van der Waals surface area contributed by atoms with E-state index in [1.807, 2.05) is 42.6 Å². The number of nitrogens with two attached hydrogens (primary N) is 1. The average molecular weight is 375 g/mol. The molecular weight excluding hydrogens is 350 g/mol. The number of pyridine rings is 1. The number of aromatic nitrogens is 1. The molecule has 0 unspecified atom stereocenters. The summed E-state index contributed by atoms with van der Waals surface area (Å²) in [6.07, 6.45) is 3.65. The molecule has 0 aliphatic rings. The molecule has 5 heteroatoms. The van der Waals surface area contributed by atoms with Crippen molar-refractivity contribution in [2.45, 2.75) is 19.1 Å². The van der Waals surface area contributed by atoms with Crippen LogP contribution in [-0.4, -0.2) is 29.5 Å². The lowest BCUT2D eigenvalue weighted by Crippen LogP contribution is -2.31. The average Bonchev–Trinajstić information content (AvgIpc) is 2.75. The number of carbonyl (C=O) groups is 1. The van der Waals surface area contributed by atoms with Gasteiger partial charge < -0.3 is 10.5 Å². The molecule has 0 saturated heterocycles. The van der Waals surface area contributed by atoms with Gasteiger partial charge in [-0.2, -0.15) is 0 Å². The maximum atomic E-state index is 11.6. The van der Waals surface area contributed by atoms with Crippen LogP contribution >= 0.6 is 0 Å². The quantitative estimate of drug-likeness (QED) is 0.610. The summed E-state index contributed by atoms with van der Waals surface area (Å²) in [6, 6.07) is 21.5. The van der Waals surface area contributed by atoms with E-state index >= 15 is 0 Å². The Labute approximate surface area is 165 Å². The van der Waals surface area contributed by atoms with E-state index in [0.29, 0.717) is 12.1 Å². The molecule has 3 aromatic rings. The molecule has 0 aliphatic carbocycles. The molecule has 1 atom stereocenters. The van der Waals surface area contributed by atoms with E-state index < -0.39 is 0 Å². The van der Waals surface area contributed by atoms with Crippen molar-refractivity contribution in [3.05, 3.63) is 101 Å². The lowest BCUT2D eigenvalue weighted by Gasteiger charge is -2.26. The van der Waals surface area contributed by atoms with Gasteiger partial charge in [0.15, 0.2) is 0 Å². The van der Waals surface area contributed by atoms with Gasteiger partial charge in [-0.25, -0.2) is 4.79 Å². The summed E-state index contributed by atoms with van der Waals surface area (Å²) in [4.78, 5) is 18.1. The van der Waals surface area contributed by atoms with Gasteiger partial charge in [-0.05, 0) is 34.9 Å². The van der Waals surface area contributed by atoms with Gasteiger partial charge in [-0.1, -0.05) is 48.5 Å². The normalized spacial score (nSPS) is 12.0. The molecule has 3 rings (SSSR count). The molecule has 0 radical (unpaired) electrons. The van der Waals surface area contributed by atoms with Crippen LogP contribution < -0.4 is 5.73 Å². The zero-order chi connectivity index (χ0) is 19.8. The number of nitrogens with zero attached hydrogens (tertiary/aromatic N) is 2. The molecule has 0 saturated carbocycles. The van der Waals surface area contributed by atoms with E-state index in [-0.39, 0.29) is 12.0 Å². The number of hydrogen-bond donors (Lipinski definition) is 1. The summed E-state index contributed by atoms with van der Waals surface area (Å²) >= 11 is 0. The highest BCUT2D eigenvalue weighted by Gasteiger charge is 2.14. The number of esters is 1. The van der Waals surface area contributed by atoms with Crippen LogP contribution in [0.15, 0.2) is 79.1 Å². The first-order valence-corrected chi connectivity index (χ1v) is 9.25. The van der Waals surface area contributed by atoms with Crippen molar-refractivity contribution in [2.24, 2.45) is 5.73 Å². The minimum Gasteiger partial charge on any atom is -0.465 e. The molecule has 0 spiro atoms. The van der Waals surface area contributed by atoms with E-state index in [0.717, 1.165) is 29.8 Å². The van der Waals surface area contributed by atoms with Gasteiger partial charge in [-0.15, -0.1) is 0 Å². The molecule has 1 aromatic heterocycles. The van der Waals surface area contributed by atoms with Crippen LogP contribution in [-0.2, 0) is 17.8 Å². The molecule has 2 N–H and O–H groups in total. The molecule has 5 nitrogen and oxygen atoms in total. The van der Waals surface area contributed by atoms with Crippen LogP contribution in [0.3, 0.4) is 0 Å². The molecule has 0 amide bonds.